The van der Waals surface area contributed by atoms with Crippen LogP contribution in [0.4, 0.5) is 22.7 Å². The Morgan fingerprint density at radius 2 is 1.26 bits per heavy atom. The molecule has 3 rings (SSSR count). The average Bonchev–Trinajstić information content (AvgIpc) is 3.06. The summed E-state index contributed by atoms with van der Waals surface area (Å²) >= 11 is 0. The second kappa shape index (κ2) is 19.7. The van der Waals surface area contributed by atoms with Gasteiger partial charge in [0.25, 0.3) is 0 Å². The molecule has 240 valence electrons. The molecule has 0 aliphatic rings. The van der Waals surface area contributed by atoms with E-state index in [1.807, 2.05) is 88.4 Å². The minimum Gasteiger partial charge on any atom is -0.457 e. The topological polar surface area (TPSA) is 102 Å². The third-order valence-corrected chi connectivity index (χ3v) is 6.28. The highest BCUT2D eigenvalue weighted by Gasteiger charge is 2.22. The molecule has 46 heavy (non-hydrogen) atoms. The maximum Gasteiger partial charge on any atom is 0.333 e. The number of ketones is 1. The SMILES string of the molecule is C=C(C)C=O.C=C/C(C=O)=C(\C=C)C(=O)c1c(Nc2ccc(C)cc2)ccc(Nc2ccc(COC(=O)C(=C)C)cc2)c1C.CC. The number of anilines is 4. The molecule has 0 unspecified atom stereocenters. The Kier molecular flexibility index (Phi) is 16.4. The summed E-state index contributed by atoms with van der Waals surface area (Å²) in [6.07, 6.45) is 4.05. The molecule has 0 aromatic heterocycles. The van der Waals surface area contributed by atoms with E-state index in [0.29, 0.717) is 39.9 Å². The number of carbonyl (C=O) groups excluding carboxylic acids is 4. The van der Waals surface area contributed by atoms with Crippen LogP contribution in [0.1, 0.15) is 54.7 Å². The van der Waals surface area contributed by atoms with Crippen LogP contribution in [0.5, 0.6) is 0 Å². The zero-order valence-corrected chi connectivity index (χ0v) is 27.7. The lowest BCUT2D eigenvalue weighted by Crippen LogP contribution is -2.11. The van der Waals surface area contributed by atoms with E-state index in [-0.39, 0.29) is 23.5 Å². The van der Waals surface area contributed by atoms with Crippen molar-refractivity contribution >= 4 is 47.1 Å². The van der Waals surface area contributed by atoms with Crippen LogP contribution in [0.25, 0.3) is 0 Å². The van der Waals surface area contributed by atoms with E-state index < -0.39 is 5.97 Å². The lowest BCUT2D eigenvalue weighted by atomic mass is 9.93. The van der Waals surface area contributed by atoms with E-state index in [9.17, 15) is 19.2 Å². The molecule has 0 radical (unpaired) electrons. The Balaban J connectivity index is 0.00000137. The van der Waals surface area contributed by atoms with Gasteiger partial charge < -0.3 is 15.4 Å². The maximum atomic E-state index is 13.8. The number of rotatable bonds is 13. The number of aldehydes is 2. The van der Waals surface area contributed by atoms with Gasteiger partial charge in [-0.3, -0.25) is 14.4 Å². The first-order valence-electron chi connectivity index (χ1n) is 14.7. The molecule has 0 fully saturated rings. The van der Waals surface area contributed by atoms with E-state index in [1.54, 1.807) is 13.8 Å². The number of ether oxygens (including phenoxy) is 1. The number of hydrogen-bond acceptors (Lipinski definition) is 7. The molecular weight excluding hydrogens is 576 g/mol. The Hall–Kier alpha value is -5.56. The first-order chi connectivity index (χ1) is 21.9. The summed E-state index contributed by atoms with van der Waals surface area (Å²) < 4.78 is 5.20. The standard InChI is InChI=1S/C33H32N2O4.C4H6O.C2H6/c1-7-25(19-36)28(8-2)32(37)31-23(6)29(17-18-30(31)35-26-13-9-22(5)10-14-26)34-27-15-11-24(12-16-27)20-39-33(38)21(3)4;1-4(2)3-5;1-2/h7-19,34-35H,1-3,20H2,4-6H3;3H,1H2,2H3;1-2H3/b28-25-;;. The fourth-order valence-corrected chi connectivity index (χ4v) is 3.85. The number of benzene rings is 3. The third-order valence-electron chi connectivity index (χ3n) is 6.28. The molecule has 0 heterocycles. The van der Waals surface area contributed by atoms with Crippen LogP contribution < -0.4 is 10.6 Å². The number of hydrogen-bond donors (Lipinski definition) is 2. The Morgan fingerprint density at radius 3 is 1.72 bits per heavy atom. The highest BCUT2D eigenvalue weighted by Crippen LogP contribution is 2.33. The second-order valence-electron chi connectivity index (χ2n) is 10.0. The molecule has 2 N–H and O–H groups in total. The van der Waals surface area contributed by atoms with Gasteiger partial charge in [-0.1, -0.05) is 82.1 Å². The van der Waals surface area contributed by atoms with Gasteiger partial charge in [-0.2, -0.15) is 0 Å². The van der Waals surface area contributed by atoms with Crippen molar-refractivity contribution in [3.05, 3.63) is 144 Å². The summed E-state index contributed by atoms with van der Waals surface area (Å²) in [7, 11) is 0. The number of esters is 1. The average molecular weight is 621 g/mol. The molecule has 0 spiro atoms. The highest BCUT2D eigenvalue weighted by molar-refractivity contribution is 6.18. The van der Waals surface area contributed by atoms with Crippen molar-refractivity contribution in [2.45, 2.75) is 48.1 Å². The summed E-state index contributed by atoms with van der Waals surface area (Å²) in [5, 5.41) is 6.69. The smallest absolute Gasteiger partial charge is 0.333 e. The quantitative estimate of drug-likeness (QED) is 0.0646. The van der Waals surface area contributed by atoms with Gasteiger partial charge in [0.2, 0.25) is 0 Å². The van der Waals surface area contributed by atoms with Crippen LogP contribution >= 0.6 is 0 Å². The first-order valence-corrected chi connectivity index (χ1v) is 14.7. The minimum absolute atomic E-state index is 0.141. The number of allylic oxidation sites excluding steroid dienone is 5. The van der Waals surface area contributed by atoms with E-state index in [1.165, 1.54) is 12.2 Å². The van der Waals surface area contributed by atoms with E-state index >= 15 is 0 Å². The summed E-state index contributed by atoms with van der Waals surface area (Å²) in [5.74, 6) is -0.788. The van der Waals surface area contributed by atoms with E-state index in [4.69, 9.17) is 4.74 Å². The summed E-state index contributed by atoms with van der Waals surface area (Å²) in [5.41, 5.74) is 7.19. The van der Waals surface area contributed by atoms with Gasteiger partial charge in [0.1, 0.15) is 12.9 Å². The monoisotopic (exact) mass is 620 g/mol. The molecule has 0 bridgehead atoms. The number of nitrogens with one attached hydrogen (secondary N) is 2. The van der Waals surface area contributed by atoms with Gasteiger partial charge >= 0.3 is 5.97 Å². The van der Waals surface area contributed by atoms with E-state index in [2.05, 4.69) is 36.9 Å². The predicted molar refractivity (Wildman–Crippen MR) is 190 cm³/mol. The largest absolute Gasteiger partial charge is 0.457 e. The summed E-state index contributed by atoms with van der Waals surface area (Å²) in [6.45, 7) is 25.5. The lowest BCUT2D eigenvalue weighted by Gasteiger charge is -2.19. The van der Waals surface area contributed by atoms with Crippen LogP contribution in [-0.4, -0.2) is 24.3 Å². The number of Topliss-reactive ketones (excluding diaryl/α,β-unsaturated/α-hetero) is 1. The zero-order valence-electron chi connectivity index (χ0n) is 27.7. The first kappa shape index (κ1) is 38.5. The molecular formula is C39H44N2O5. The molecule has 0 saturated heterocycles. The van der Waals surface area contributed by atoms with Crippen LogP contribution in [0, 0.1) is 13.8 Å². The highest BCUT2D eigenvalue weighted by atomic mass is 16.5. The van der Waals surface area contributed by atoms with Gasteiger partial charge in [-0.05, 0) is 80.8 Å². The van der Waals surface area contributed by atoms with Gasteiger partial charge in [-0.25, -0.2) is 4.79 Å². The Bertz CT molecular complexity index is 1600. The van der Waals surface area contributed by atoms with Crippen molar-refractivity contribution in [3.63, 3.8) is 0 Å². The van der Waals surface area contributed by atoms with Crippen LogP contribution in [0.2, 0.25) is 0 Å². The van der Waals surface area contributed by atoms with Crippen molar-refractivity contribution in [1.29, 1.82) is 0 Å². The fourth-order valence-electron chi connectivity index (χ4n) is 3.85. The molecule has 0 aliphatic carbocycles. The molecule has 7 heteroatoms. The minimum atomic E-state index is -0.438. The van der Waals surface area contributed by atoms with Crippen molar-refractivity contribution in [2.75, 3.05) is 10.6 Å². The van der Waals surface area contributed by atoms with E-state index in [0.717, 1.165) is 28.8 Å². The van der Waals surface area contributed by atoms with Gasteiger partial charge in [0.15, 0.2) is 12.1 Å². The summed E-state index contributed by atoms with van der Waals surface area (Å²) in [4.78, 5) is 46.5. The van der Waals surface area contributed by atoms with Crippen molar-refractivity contribution in [2.24, 2.45) is 0 Å². The molecule has 0 aliphatic heterocycles. The molecule has 7 nitrogen and oxygen atoms in total. The van der Waals surface area contributed by atoms with Crippen LogP contribution in [0.15, 0.2) is 121 Å². The summed E-state index contributed by atoms with van der Waals surface area (Å²) in [6, 6.07) is 19.0. The fraction of sp³-hybridized carbons (Fsp3) is 0.179. The number of carbonyl (C=O) groups is 4. The van der Waals surface area contributed by atoms with Gasteiger partial charge in [0.05, 0.1) is 11.3 Å². The third kappa shape index (κ3) is 11.5. The van der Waals surface area contributed by atoms with Crippen molar-refractivity contribution in [1.82, 2.24) is 0 Å². The van der Waals surface area contributed by atoms with Crippen LogP contribution in [0.3, 0.4) is 0 Å². The second-order valence-corrected chi connectivity index (χ2v) is 10.0. The predicted octanol–water partition coefficient (Wildman–Crippen LogP) is 9.25. The molecule has 0 saturated carbocycles. The Labute approximate surface area is 273 Å². The molecule has 0 amide bonds. The van der Waals surface area contributed by atoms with Crippen LogP contribution in [-0.2, 0) is 25.7 Å². The zero-order chi connectivity index (χ0) is 34.8. The normalized spacial score (nSPS) is 10.2. The molecule has 3 aromatic rings. The molecule has 3 aromatic carbocycles. The van der Waals surface area contributed by atoms with Crippen molar-refractivity contribution < 1.29 is 23.9 Å². The maximum absolute atomic E-state index is 13.8. The van der Waals surface area contributed by atoms with Crippen molar-refractivity contribution in [3.8, 4) is 0 Å². The van der Waals surface area contributed by atoms with Gasteiger partial charge in [0, 0.05) is 33.8 Å². The Morgan fingerprint density at radius 1 is 0.761 bits per heavy atom. The molecule has 0 atom stereocenters. The number of aryl methyl sites for hydroxylation is 1. The lowest BCUT2D eigenvalue weighted by molar-refractivity contribution is -0.140. The van der Waals surface area contributed by atoms with Gasteiger partial charge in [-0.15, -0.1) is 0 Å².